The van der Waals surface area contributed by atoms with Crippen molar-refractivity contribution in [2.24, 2.45) is 0 Å². The minimum absolute atomic E-state index is 0.697. The van der Waals surface area contributed by atoms with Gasteiger partial charge in [-0.3, -0.25) is 0 Å². The summed E-state index contributed by atoms with van der Waals surface area (Å²) in [6.07, 6.45) is 3.55. The molecular formula is C8H15N2OPS3. The third-order valence-electron chi connectivity index (χ3n) is 2.14. The van der Waals surface area contributed by atoms with E-state index in [0.29, 0.717) is 5.49 Å². The fourth-order valence-electron chi connectivity index (χ4n) is 0.917. The lowest BCUT2D eigenvalue weighted by atomic mass is 11.0. The molecule has 0 saturated carbocycles. The molecule has 0 unspecified atom stereocenters. The van der Waals surface area contributed by atoms with Gasteiger partial charge < -0.3 is 4.57 Å². The SMILES string of the molecule is CCP(=O)(CC)CSc1nnc(SC)s1. The van der Waals surface area contributed by atoms with Crippen molar-refractivity contribution < 1.29 is 4.57 Å². The van der Waals surface area contributed by atoms with Gasteiger partial charge in [0.25, 0.3) is 0 Å². The minimum atomic E-state index is -1.95. The van der Waals surface area contributed by atoms with E-state index >= 15 is 0 Å². The van der Waals surface area contributed by atoms with Gasteiger partial charge in [0.1, 0.15) is 0 Å². The molecule has 0 aliphatic heterocycles. The maximum absolute atomic E-state index is 12.1. The monoisotopic (exact) mass is 282 g/mol. The van der Waals surface area contributed by atoms with E-state index in [1.807, 2.05) is 20.1 Å². The van der Waals surface area contributed by atoms with Crippen molar-refractivity contribution in [3.63, 3.8) is 0 Å². The van der Waals surface area contributed by atoms with Crippen molar-refractivity contribution in [3.05, 3.63) is 0 Å². The first-order valence-corrected chi connectivity index (χ1v) is 10.00. The smallest absolute Gasteiger partial charge is 0.175 e. The quantitative estimate of drug-likeness (QED) is 0.587. The lowest BCUT2D eigenvalue weighted by molar-refractivity contribution is 0.579. The average Bonchev–Trinajstić information content (AvgIpc) is 2.74. The first kappa shape index (κ1) is 13.6. The maximum Gasteiger partial charge on any atom is 0.175 e. The zero-order valence-corrected chi connectivity index (χ0v) is 12.4. The molecule has 0 atom stereocenters. The van der Waals surface area contributed by atoms with Crippen molar-refractivity contribution in [2.75, 3.05) is 24.1 Å². The van der Waals surface area contributed by atoms with Crippen LogP contribution in [0.25, 0.3) is 0 Å². The van der Waals surface area contributed by atoms with Gasteiger partial charge in [-0.25, -0.2) is 0 Å². The number of rotatable bonds is 6. The van der Waals surface area contributed by atoms with Crippen molar-refractivity contribution in [2.45, 2.75) is 22.5 Å². The second-order valence-electron chi connectivity index (χ2n) is 3.00. The third-order valence-corrected chi connectivity index (χ3v) is 9.47. The molecule has 0 aromatic carbocycles. The van der Waals surface area contributed by atoms with Gasteiger partial charge in [-0.1, -0.05) is 48.7 Å². The third kappa shape index (κ3) is 4.10. The fourth-order valence-corrected chi connectivity index (χ4v) is 6.42. The van der Waals surface area contributed by atoms with Crippen LogP contribution < -0.4 is 0 Å². The van der Waals surface area contributed by atoms with Crippen molar-refractivity contribution >= 4 is 42.0 Å². The lowest BCUT2D eigenvalue weighted by Crippen LogP contribution is -1.91. The maximum atomic E-state index is 12.1. The highest BCUT2D eigenvalue weighted by atomic mass is 32.2. The van der Waals surface area contributed by atoms with Gasteiger partial charge in [-0.2, -0.15) is 0 Å². The summed E-state index contributed by atoms with van der Waals surface area (Å²) in [5.41, 5.74) is 0.697. The molecule has 1 heterocycles. The van der Waals surface area contributed by atoms with Crippen LogP contribution in [0.1, 0.15) is 13.8 Å². The van der Waals surface area contributed by atoms with Gasteiger partial charge in [-0.05, 0) is 18.6 Å². The van der Waals surface area contributed by atoms with E-state index in [4.69, 9.17) is 0 Å². The zero-order valence-electron chi connectivity index (χ0n) is 9.10. The summed E-state index contributed by atoms with van der Waals surface area (Å²) >= 11 is 4.76. The molecule has 0 N–H and O–H groups in total. The summed E-state index contributed by atoms with van der Waals surface area (Å²) in [6, 6.07) is 0. The fraction of sp³-hybridized carbons (Fsp3) is 0.750. The summed E-state index contributed by atoms with van der Waals surface area (Å²) < 4.78 is 14.0. The summed E-state index contributed by atoms with van der Waals surface area (Å²) in [5.74, 6) is 0. The first-order valence-electron chi connectivity index (χ1n) is 4.71. The standard InChI is InChI=1S/C8H15N2OPS3/c1-4-12(11,5-2)6-14-8-10-9-7(13-3)15-8/h4-6H2,1-3H3. The molecule has 7 heteroatoms. The Hall–Kier alpha value is 0.490. The van der Waals surface area contributed by atoms with Crippen molar-refractivity contribution in [3.8, 4) is 0 Å². The summed E-state index contributed by atoms with van der Waals surface area (Å²) in [7, 11) is -1.95. The van der Waals surface area contributed by atoms with Gasteiger partial charge in [0.2, 0.25) is 0 Å². The van der Waals surface area contributed by atoms with Crippen LogP contribution in [0.3, 0.4) is 0 Å². The van der Waals surface area contributed by atoms with Crippen molar-refractivity contribution in [1.82, 2.24) is 10.2 Å². The Morgan fingerprint density at radius 3 is 2.33 bits per heavy atom. The highest BCUT2D eigenvalue weighted by molar-refractivity contribution is 8.07. The van der Waals surface area contributed by atoms with E-state index in [0.717, 1.165) is 21.0 Å². The minimum Gasteiger partial charge on any atom is -0.323 e. The number of hydrogen-bond acceptors (Lipinski definition) is 6. The summed E-state index contributed by atoms with van der Waals surface area (Å²) in [5, 5.41) is 8.06. The molecule has 0 fully saturated rings. The van der Waals surface area contributed by atoms with Crippen LogP contribution in [0.4, 0.5) is 0 Å². The Bertz CT molecular complexity index is 347. The van der Waals surface area contributed by atoms with Gasteiger partial charge >= 0.3 is 0 Å². The molecule has 1 aromatic rings. The van der Waals surface area contributed by atoms with E-state index in [9.17, 15) is 4.57 Å². The molecule has 0 aliphatic rings. The van der Waals surface area contributed by atoms with E-state index in [2.05, 4.69) is 10.2 Å². The highest BCUT2D eigenvalue weighted by Crippen LogP contribution is 2.49. The predicted octanol–water partition coefficient (Wildman–Crippen LogP) is 3.71. The molecule has 0 amide bonds. The molecule has 1 rings (SSSR count). The molecule has 1 aromatic heterocycles. The van der Waals surface area contributed by atoms with Gasteiger partial charge in [0, 0.05) is 0 Å². The van der Waals surface area contributed by atoms with Crippen LogP contribution in [0, 0.1) is 0 Å². The van der Waals surface area contributed by atoms with Crippen LogP contribution in [0.5, 0.6) is 0 Å². The van der Waals surface area contributed by atoms with Crippen LogP contribution >= 0.6 is 42.0 Å². The van der Waals surface area contributed by atoms with Crippen LogP contribution in [-0.2, 0) is 4.57 Å². The second-order valence-corrected chi connectivity index (χ2v) is 10.4. The predicted molar refractivity (Wildman–Crippen MR) is 71.1 cm³/mol. The molecular weight excluding hydrogens is 267 g/mol. The normalized spacial score (nSPS) is 11.9. The number of hydrogen-bond donors (Lipinski definition) is 0. The highest BCUT2D eigenvalue weighted by Gasteiger charge is 2.18. The van der Waals surface area contributed by atoms with E-state index < -0.39 is 7.14 Å². The molecule has 0 saturated heterocycles. The summed E-state index contributed by atoms with van der Waals surface area (Å²) in [6.45, 7) is 4.00. The molecule has 3 nitrogen and oxygen atoms in total. The Balaban J connectivity index is 2.53. The van der Waals surface area contributed by atoms with Gasteiger partial charge in [0.05, 0.1) is 12.6 Å². The van der Waals surface area contributed by atoms with Gasteiger partial charge in [-0.15, -0.1) is 10.2 Å². The Kier molecular flexibility index (Phi) is 5.68. The Labute approximate surface area is 103 Å². The van der Waals surface area contributed by atoms with E-state index in [-0.39, 0.29) is 0 Å². The largest absolute Gasteiger partial charge is 0.323 e. The number of thioether (sulfide) groups is 2. The Morgan fingerprint density at radius 2 is 1.87 bits per heavy atom. The summed E-state index contributed by atoms with van der Waals surface area (Å²) in [4.78, 5) is 0. The average molecular weight is 282 g/mol. The van der Waals surface area contributed by atoms with Crippen molar-refractivity contribution in [1.29, 1.82) is 0 Å². The van der Waals surface area contributed by atoms with E-state index in [1.54, 1.807) is 34.9 Å². The molecule has 86 valence electrons. The van der Waals surface area contributed by atoms with E-state index in [1.165, 1.54) is 0 Å². The second kappa shape index (κ2) is 6.28. The molecule has 0 bridgehead atoms. The number of nitrogens with zero attached hydrogens (tertiary/aromatic N) is 2. The zero-order chi connectivity index (χ0) is 11.3. The Morgan fingerprint density at radius 1 is 1.27 bits per heavy atom. The van der Waals surface area contributed by atoms with Crippen LogP contribution in [0.15, 0.2) is 8.68 Å². The molecule has 0 radical (unpaired) electrons. The van der Waals surface area contributed by atoms with Crippen LogP contribution in [0.2, 0.25) is 0 Å². The number of aromatic nitrogens is 2. The molecule has 0 aliphatic carbocycles. The topological polar surface area (TPSA) is 42.9 Å². The lowest BCUT2D eigenvalue weighted by Gasteiger charge is -2.11. The van der Waals surface area contributed by atoms with Crippen LogP contribution in [-0.4, -0.2) is 34.3 Å². The first-order chi connectivity index (χ1) is 7.13. The van der Waals surface area contributed by atoms with Gasteiger partial charge in [0.15, 0.2) is 8.68 Å². The molecule has 15 heavy (non-hydrogen) atoms. The molecule has 0 spiro atoms.